The number of quaternary nitrogens is 1. The molecule has 0 aromatic carbocycles. The molecule has 7 heteroatoms. The van der Waals surface area contributed by atoms with Gasteiger partial charge in [0.15, 0.2) is 9.84 Å². The Morgan fingerprint density at radius 1 is 0.706 bits per heavy atom. The lowest BCUT2D eigenvalue weighted by molar-refractivity contribution is -0.867. The molecule has 1 atom stereocenters. The minimum absolute atomic E-state index is 0. The number of hydrogen-bond acceptors (Lipinski definition) is 4. The second kappa shape index (κ2) is 23.9. The summed E-state index contributed by atoms with van der Waals surface area (Å²) < 4.78 is 36.3. The predicted molar refractivity (Wildman–Crippen MR) is 143 cm³/mol. The Kier molecular flexibility index (Phi) is 25.8. The summed E-state index contributed by atoms with van der Waals surface area (Å²) in [5, 5.41) is 0. The monoisotopic (exact) mass is 619 g/mol. The highest BCUT2D eigenvalue weighted by molar-refractivity contribution is 7.91. The molecule has 1 unspecified atom stereocenters. The summed E-state index contributed by atoms with van der Waals surface area (Å²) in [6.07, 6.45) is 21.3. The van der Waals surface area contributed by atoms with Crippen LogP contribution >= 0.6 is 0 Å². The summed E-state index contributed by atoms with van der Waals surface area (Å²) in [6, 6.07) is 0. The summed E-state index contributed by atoms with van der Waals surface area (Å²) in [5.41, 5.74) is 0. The molecule has 0 amide bonds. The van der Waals surface area contributed by atoms with Crippen LogP contribution in [0.5, 0.6) is 0 Å². The smallest absolute Gasteiger partial charge is 0.158 e. The number of hydrogen-bond donors (Lipinski definition) is 0. The lowest BCUT2D eigenvalue weighted by Gasteiger charge is -2.24. The average Bonchev–Trinajstić information content (AvgIpc) is 2.75. The molecule has 0 aromatic heterocycles. The predicted octanol–water partition coefficient (Wildman–Crippen LogP) is 3.40. The minimum Gasteiger partial charge on any atom is -1.00 e. The van der Waals surface area contributed by atoms with Gasteiger partial charge >= 0.3 is 0 Å². The number of methoxy groups -OCH3 is 1. The molecule has 208 valence electrons. The number of ether oxygens (including phenoxy) is 2. The molecule has 0 aliphatic carbocycles. The number of nitrogens with zero attached hydrogens (tertiary/aromatic N) is 1. The molecular weight excluding hydrogens is 561 g/mol. The van der Waals surface area contributed by atoms with Gasteiger partial charge in [0.1, 0.15) is 0 Å². The van der Waals surface area contributed by atoms with Crippen LogP contribution in [0.1, 0.15) is 110 Å². The third-order valence-electron chi connectivity index (χ3n) is 6.29. The van der Waals surface area contributed by atoms with Gasteiger partial charge < -0.3 is 37.9 Å². The van der Waals surface area contributed by atoms with Crippen LogP contribution in [-0.4, -0.2) is 78.5 Å². The van der Waals surface area contributed by atoms with Crippen LogP contribution in [0, 0.1) is 0 Å². The largest absolute Gasteiger partial charge is 1.00 e. The first kappa shape index (κ1) is 36.7. The molecule has 34 heavy (non-hydrogen) atoms. The van der Waals surface area contributed by atoms with E-state index in [1.165, 1.54) is 96.3 Å². The molecule has 0 heterocycles. The van der Waals surface area contributed by atoms with Gasteiger partial charge in [-0.1, -0.05) is 103 Å². The van der Waals surface area contributed by atoms with Crippen LogP contribution < -0.4 is 24.0 Å². The van der Waals surface area contributed by atoms with E-state index in [1.807, 2.05) is 21.1 Å². The highest BCUT2D eigenvalue weighted by Gasteiger charge is 2.22. The fourth-order valence-corrected chi connectivity index (χ4v) is 5.72. The van der Waals surface area contributed by atoms with E-state index in [0.29, 0.717) is 24.2 Å². The Hall–Kier alpha value is 0.560. The van der Waals surface area contributed by atoms with E-state index in [-0.39, 0.29) is 41.6 Å². The quantitative estimate of drug-likeness (QED) is 0.0894. The number of halogens is 1. The molecule has 0 fully saturated rings. The minimum atomic E-state index is -3.12. The van der Waals surface area contributed by atoms with E-state index in [4.69, 9.17) is 9.47 Å². The van der Waals surface area contributed by atoms with Crippen molar-refractivity contribution in [2.75, 3.05) is 59.5 Å². The molecule has 0 aliphatic rings. The maximum absolute atomic E-state index is 12.3. The van der Waals surface area contributed by atoms with Gasteiger partial charge in [-0.05, 0) is 6.42 Å². The first-order valence-corrected chi connectivity index (χ1v) is 15.6. The second-order valence-corrected chi connectivity index (χ2v) is 13.1. The van der Waals surface area contributed by atoms with Crippen LogP contribution in [0.2, 0.25) is 0 Å². The molecule has 0 spiro atoms. The second-order valence-electron chi connectivity index (χ2n) is 10.9. The molecular formula is C27H58INO4S. The Morgan fingerprint density at radius 3 is 1.50 bits per heavy atom. The van der Waals surface area contributed by atoms with Gasteiger partial charge in [0.25, 0.3) is 0 Å². The standard InChI is InChI=1S/C27H58NO4S.HI/c1-6-7-8-9-10-11-12-13-14-15-16-17-18-19-20-21-23-32-25-27(31-5)26-33(29,30)24-22-28(2,3)4;/h27H,6-26H2,1-5H3;1H/q+1;/p-1. The molecule has 0 rings (SSSR count). The topological polar surface area (TPSA) is 52.6 Å². The van der Waals surface area contributed by atoms with Gasteiger partial charge in [0, 0.05) is 13.7 Å². The van der Waals surface area contributed by atoms with Gasteiger partial charge in [-0.2, -0.15) is 0 Å². The Morgan fingerprint density at radius 2 is 1.12 bits per heavy atom. The van der Waals surface area contributed by atoms with Crippen molar-refractivity contribution in [1.29, 1.82) is 0 Å². The van der Waals surface area contributed by atoms with E-state index < -0.39 is 9.84 Å². The summed E-state index contributed by atoms with van der Waals surface area (Å²) in [7, 11) is 4.46. The lowest BCUT2D eigenvalue weighted by Crippen LogP contribution is -3.00. The Labute approximate surface area is 230 Å². The van der Waals surface area contributed by atoms with Crippen molar-refractivity contribution in [2.24, 2.45) is 0 Å². The molecule has 0 saturated heterocycles. The molecule has 0 aliphatic heterocycles. The summed E-state index contributed by atoms with van der Waals surface area (Å²) in [5.74, 6) is 0.234. The number of unbranched alkanes of at least 4 members (excludes halogenated alkanes) is 15. The molecule has 0 aromatic rings. The zero-order valence-electron chi connectivity index (χ0n) is 23.3. The van der Waals surface area contributed by atoms with Gasteiger partial charge in [0.05, 0.1) is 51.9 Å². The van der Waals surface area contributed by atoms with E-state index >= 15 is 0 Å². The van der Waals surface area contributed by atoms with Crippen LogP contribution in [0.3, 0.4) is 0 Å². The first-order chi connectivity index (χ1) is 15.7. The SMILES string of the molecule is CCCCCCCCCCCCCCCCCCOCC(CS(=O)(=O)CC[N+](C)(C)C)OC.[I-]. The zero-order valence-corrected chi connectivity index (χ0v) is 26.3. The van der Waals surface area contributed by atoms with Gasteiger partial charge in [0.2, 0.25) is 0 Å². The van der Waals surface area contributed by atoms with Gasteiger partial charge in [-0.15, -0.1) is 0 Å². The Balaban J connectivity index is 0. The summed E-state index contributed by atoms with van der Waals surface area (Å²) in [4.78, 5) is 0. The van der Waals surface area contributed by atoms with Crippen molar-refractivity contribution in [1.82, 2.24) is 0 Å². The van der Waals surface area contributed by atoms with Crippen molar-refractivity contribution in [3.05, 3.63) is 0 Å². The van der Waals surface area contributed by atoms with Crippen LogP contribution in [0.15, 0.2) is 0 Å². The van der Waals surface area contributed by atoms with Crippen LogP contribution in [-0.2, 0) is 19.3 Å². The van der Waals surface area contributed by atoms with E-state index in [0.717, 1.165) is 6.42 Å². The maximum atomic E-state index is 12.3. The zero-order chi connectivity index (χ0) is 24.8. The lowest BCUT2D eigenvalue weighted by atomic mass is 10.0. The van der Waals surface area contributed by atoms with E-state index in [9.17, 15) is 8.42 Å². The van der Waals surface area contributed by atoms with E-state index in [1.54, 1.807) is 7.11 Å². The normalized spacial score (nSPS) is 13.1. The van der Waals surface area contributed by atoms with Crippen molar-refractivity contribution < 1.29 is 46.4 Å². The highest BCUT2D eigenvalue weighted by Crippen LogP contribution is 2.13. The third-order valence-corrected chi connectivity index (χ3v) is 7.98. The van der Waals surface area contributed by atoms with Gasteiger partial charge in [-0.3, -0.25) is 0 Å². The summed E-state index contributed by atoms with van der Waals surface area (Å²) in [6.45, 7) is 3.94. The van der Waals surface area contributed by atoms with E-state index in [2.05, 4.69) is 6.92 Å². The van der Waals surface area contributed by atoms with Gasteiger partial charge in [-0.25, -0.2) is 8.42 Å². The van der Waals surface area contributed by atoms with Crippen molar-refractivity contribution >= 4 is 9.84 Å². The van der Waals surface area contributed by atoms with Crippen molar-refractivity contribution in [3.8, 4) is 0 Å². The number of rotatable bonds is 25. The fraction of sp³-hybridized carbons (Fsp3) is 1.00. The average molecular weight is 620 g/mol. The Bertz CT molecular complexity index is 523. The molecule has 0 bridgehead atoms. The fourth-order valence-electron chi connectivity index (χ4n) is 3.93. The van der Waals surface area contributed by atoms with Crippen molar-refractivity contribution in [3.63, 3.8) is 0 Å². The number of sulfone groups is 1. The molecule has 5 nitrogen and oxygen atoms in total. The first-order valence-electron chi connectivity index (χ1n) is 13.8. The van der Waals surface area contributed by atoms with Crippen molar-refractivity contribution in [2.45, 2.75) is 116 Å². The van der Waals surface area contributed by atoms with Crippen LogP contribution in [0.4, 0.5) is 0 Å². The third kappa shape index (κ3) is 27.2. The highest BCUT2D eigenvalue weighted by atomic mass is 127. The molecule has 0 N–H and O–H groups in total. The molecule has 0 radical (unpaired) electrons. The van der Waals surface area contributed by atoms with Crippen LogP contribution in [0.25, 0.3) is 0 Å². The summed E-state index contributed by atoms with van der Waals surface area (Å²) >= 11 is 0. The molecule has 0 saturated carbocycles. The maximum Gasteiger partial charge on any atom is 0.158 e.